The van der Waals surface area contributed by atoms with E-state index in [-0.39, 0.29) is 0 Å². The van der Waals surface area contributed by atoms with Crippen LogP contribution in [0.1, 0.15) is 37.7 Å². The number of rotatable bonds is 2. The summed E-state index contributed by atoms with van der Waals surface area (Å²) in [4.78, 5) is 0. The van der Waals surface area contributed by atoms with Crippen molar-refractivity contribution >= 4 is 23.0 Å². The van der Waals surface area contributed by atoms with Gasteiger partial charge in [-0.3, -0.25) is 0 Å². The third kappa shape index (κ3) is 2.62. The molecule has 1 aromatic rings. The maximum absolute atomic E-state index is 6.18. The predicted molar refractivity (Wildman–Crippen MR) is 71.1 cm³/mol. The van der Waals surface area contributed by atoms with Crippen molar-refractivity contribution in [3.63, 3.8) is 0 Å². The first-order valence-corrected chi connectivity index (χ1v) is 6.37. The summed E-state index contributed by atoms with van der Waals surface area (Å²) in [7, 11) is 0. The van der Waals surface area contributed by atoms with Crippen LogP contribution in [0.25, 0.3) is 0 Å². The Labute approximate surface area is 102 Å². The number of anilines is 2. The number of halogens is 1. The Hall–Kier alpha value is -0.890. The summed E-state index contributed by atoms with van der Waals surface area (Å²) in [5, 5.41) is 4.26. The molecule has 0 unspecified atom stereocenters. The molecule has 0 heterocycles. The van der Waals surface area contributed by atoms with Crippen LogP contribution < -0.4 is 11.1 Å². The highest BCUT2D eigenvalue weighted by atomic mass is 35.5. The quantitative estimate of drug-likeness (QED) is 0.765. The van der Waals surface area contributed by atoms with Crippen LogP contribution in [0.4, 0.5) is 11.4 Å². The van der Waals surface area contributed by atoms with Gasteiger partial charge in [0.2, 0.25) is 0 Å². The Kier molecular flexibility index (Phi) is 3.59. The van der Waals surface area contributed by atoms with Crippen LogP contribution in [0, 0.1) is 6.92 Å². The van der Waals surface area contributed by atoms with Gasteiger partial charge in [-0.2, -0.15) is 0 Å². The van der Waals surface area contributed by atoms with E-state index < -0.39 is 0 Å². The monoisotopic (exact) mass is 238 g/mol. The largest absolute Gasteiger partial charge is 0.398 e. The minimum atomic E-state index is 0.578. The Morgan fingerprint density at radius 3 is 2.62 bits per heavy atom. The standard InChI is InChI=1S/C13H19ClN2/c1-9-7-13(11(14)8-12(9)15)16-10-5-3-2-4-6-10/h7-8,10,16H,2-6,15H2,1H3. The molecule has 1 saturated carbocycles. The van der Waals surface area contributed by atoms with Gasteiger partial charge >= 0.3 is 0 Å². The molecule has 1 fully saturated rings. The number of nitrogens with one attached hydrogen (secondary N) is 1. The second-order valence-corrected chi connectivity index (χ2v) is 5.08. The molecular weight excluding hydrogens is 220 g/mol. The van der Waals surface area contributed by atoms with Crippen LogP contribution in [-0.2, 0) is 0 Å². The van der Waals surface area contributed by atoms with Gasteiger partial charge in [0.15, 0.2) is 0 Å². The fourth-order valence-electron chi connectivity index (χ4n) is 2.27. The second kappa shape index (κ2) is 4.96. The summed E-state index contributed by atoms with van der Waals surface area (Å²) in [6.07, 6.45) is 6.51. The Morgan fingerprint density at radius 2 is 1.94 bits per heavy atom. The van der Waals surface area contributed by atoms with Gasteiger partial charge in [-0.15, -0.1) is 0 Å². The topological polar surface area (TPSA) is 38.0 Å². The maximum atomic E-state index is 6.18. The maximum Gasteiger partial charge on any atom is 0.0658 e. The van der Waals surface area contributed by atoms with Crippen molar-refractivity contribution in [2.45, 2.75) is 45.1 Å². The summed E-state index contributed by atoms with van der Waals surface area (Å²) >= 11 is 6.18. The Morgan fingerprint density at radius 1 is 1.25 bits per heavy atom. The number of hydrogen-bond donors (Lipinski definition) is 2. The fourth-order valence-corrected chi connectivity index (χ4v) is 2.50. The molecule has 0 atom stereocenters. The zero-order valence-corrected chi connectivity index (χ0v) is 10.5. The van der Waals surface area contributed by atoms with Gasteiger partial charge in [-0.05, 0) is 37.5 Å². The highest BCUT2D eigenvalue weighted by molar-refractivity contribution is 6.33. The average Bonchev–Trinajstić information content (AvgIpc) is 2.27. The summed E-state index contributed by atoms with van der Waals surface area (Å²) in [5.41, 5.74) is 8.69. The minimum Gasteiger partial charge on any atom is -0.398 e. The van der Waals surface area contributed by atoms with E-state index in [2.05, 4.69) is 5.32 Å². The van der Waals surface area contributed by atoms with Crippen LogP contribution in [0.3, 0.4) is 0 Å². The average molecular weight is 239 g/mol. The van der Waals surface area contributed by atoms with Gasteiger partial charge in [0.25, 0.3) is 0 Å². The lowest BCUT2D eigenvalue weighted by Crippen LogP contribution is -2.22. The lowest BCUT2D eigenvalue weighted by molar-refractivity contribution is 0.463. The van der Waals surface area contributed by atoms with Crippen molar-refractivity contribution in [2.24, 2.45) is 0 Å². The molecule has 0 bridgehead atoms. The van der Waals surface area contributed by atoms with Crippen molar-refractivity contribution in [1.82, 2.24) is 0 Å². The van der Waals surface area contributed by atoms with Gasteiger partial charge < -0.3 is 11.1 Å². The summed E-state index contributed by atoms with van der Waals surface area (Å²) in [5.74, 6) is 0. The molecule has 88 valence electrons. The van der Waals surface area contributed by atoms with E-state index in [1.165, 1.54) is 32.1 Å². The molecule has 3 heteroatoms. The van der Waals surface area contributed by atoms with Gasteiger partial charge in [0, 0.05) is 11.7 Å². The van der Waals surface area contributed by atoms with Gasteiger partial charge in [0.05, 0.1) is 10.7 Å². The molecule has 0 amide bonds. The number of nitrogens with two attached hydrogens (primary N) is 1. The highest BCUT2D eigenvalue weighted by Crippen LogP contribution is 2.30. The molecule has 0 spiro atoms. The molecular formula is C13H19ClN2. The number of nitrogen functional groups attached to an aromatic ring is 1. The zero-order chi connectivity index (χ0) is 11.5. The lowest BCUT2D eigenvalue weighted by atomic mass is 9.95. The summed E-state index contributed by atoms with van der Waals surface area (Å²) < 4.78 is 0. The normalized spacial score (nSPS) is 17.4. The molecule has 16 heavy (non-hydrogen) atoms. The molecule has 0 aliphatic heterocycles. The molecule has 3 N–H and O–H groups in total. The van der Waals surface area contributed by atoms with E-state index >= 15 is 0 Å². The van der Waals surface area contributed by atoms with Crippen molar-refractivity contribution in [3.05, 3.63) is 22.7 Å². The Balaban J connectivity index is 2.11. The van der Waals surface area contributed by atoms with E-state index in [9.17, 15) is 0 Å². The first-order valence-electron chi connectivity index (χ1n) is 5.99. The number of aryl methyl sites for hydroxylation is 1. The van der Waals surface area contributed by atoms with Gasteiger partial charge in [0.1, 0.15) is 0 Å². The summed E-state index contributed by atoms with van der Waals surface area (Å²) in [6, 6.07) is 4.46. The molecule has 2 nitrogen and oxygen atoms in total. The third-order valence-corrected chi connectivity index (χ3v) is 3.63. The van der Waals surface area contributed by atoms with Crippen molar-refractivity contribution in [1.29, 1.82) is 0 Å². The molecule has 0 saturated heterocycles. The van der Waals surface area contributed by atoms with Crippen molar-refractivity contribution in [2.75, 3.05) is 11.1 Å². The van der Waals surface area contributed by atoms with Crippen LogP contribution in [0.2, 0.25) is 5.02 Å². The smallest absolute Gasteiger partial charge is 0.0658 e. The number of hydrogen-bond acceptors (Lipinski definition) is 2. The molecule has 1 aliphatic rings. The van der Waals surface area contributed by atoms with E-state index in [1.54, 1.807) is 0 Å². The van der Waals surface area contributed by atoms with Crippen molar-refractivity contribution < 1.29 is 0 Å². The fraction of sp³-hybridized carbons (Fsp3) is 0.538. The van der Waals surface area contributed by atoms with E-state index in [0.29, 0.717) is 6.04 Å². The third-order valence-electron chi connectivity index (χ3n) is 3.32. The SMILES string of the molecule is Cc1cc(NC2CCCCC2)c(Cl)cc1N. The second-order valence-electron chi connectivity index (χ2n) is 4.67. The highest BCUT2D eigenvalue weighted by Gasteiger charge is 2.14. The minimum absolute atomic E-state index is 0.578. The molecule has 1 aliphatic carbocycles. The first-order chi connectivity index (χ1) is 7.66. The molecule has 0 aromatic heterocycles. The predicted octanol–water partition coefficient (Wildman–Crippen LogP) is 3.98. The first kappa shape index (κ1) is 11.6. The summed E-state index contributed by atoms with van der Waals surface area (Å²) in [6.45, 7) is 2.01. The van der Waals surface area contributed by atoms with Crippen LogP contribution in [0.5, 0.6) is 0 Å². The molecule has 2 rings (SSSR count). The van der Waals surface area contributed by atoms with E-state index in [0.717, 1.165) is 22.0 Å². The van der Waals surface area contributed by atoms with Gasteiger partial charge in [-0.25, -0.2) is 0 Å². The van der Waals surface area contributed by atoms with E-state index in [1.807, 2.05) is 19.1 Å². The number of benzene rings is 1. The molecule has 1 aromatic carbocycles. The zero-order valence-electron chi connectivity index (χ0n) is 9.72. The van der Waals surface area contributed by atoms with E-state index in [4.69, 9.17) is 17.3 Å². The van der Waals surface area contributed by atoms with Crippen molar-refractivity contribution in [3.8, 4) is 0 Å². The van der Waals surface area contributed by atoms with Gasteiger partial charge in [-0.1, -0.05) is 30.9 Å². The molecule has 0 radical (unpaired) electrons. The Bertz CT molecular complexity index is 370. The lowest BCUT2D eigenvalue weighted by Gasteiger charge is -2.24. The van der Waals surface area contributed by atoms with Crippen LogP contribution in [-0.4, -0.2) is 6.04 Å². The van der Waals surface area contributed by atoms with Crippen LogP contribution in [0.15, 0.2) is 12.1 Å². The van der Waals surface area contributed by atoms with Crippen LogP contribution >= 0.6 is 11.6 Å².